The van der Waals surface area contributed by atoms with Gasteiger partial charge in [0.15, 0.2) is 0 Å². The van der Waals surface area contributed by atoms with Gasteiger partial charge in [-0.2, -0.15) is 0 Å². The van der Waals surface area contributed by atoms with Gasteiger partial charge in [0.2, 0.25) is 0 Å². The average molecular weight is 314 g/mol. The second kappa shape index (κ2) is 11.0. The molecule has 0 amide bonds. The molecule has 1 N–H and O–H groups in total. The number of methoxy groups -OCH3 is 1. The molecule has 3 nitrogen and oxygen atoms in total. The zero-order chi connectivity index (χ0) is 15.5. The molecule has 0 fully saturated rings. The fraction of sp³-hybridized carbons (Fsp3) is 0.647. The van der Waals surface area contributed by atoms with Gasteiger partial charge < -0.3 is 14.8 Å². The van der Waals surface area contributed by atoms with Crippen molar-refractivity contribution in [3.8, 4) is 0 Å². The third-order valence-corrected chi connectivity index (χ3v) is 3.58. The van der Waals surface area contributed by atoms with Crippen LogP contribution in [-0.2, 0) is 15.9 Å². The lowest BCUT2D eigenvalue weighted by Gasteiger charge is -2.19. The van der Waals surface area contributed by atoms with Crippen LogP contribution in [0.4, 0.5) is 0 Å². The van der Waals surface area contributed by atoms with E-state index in [0.29, 0.717) is 12.0 Å². The largest absolute Gasteiger partial charge is 0.383 e. The molecule has 21 heavy (non-hydrogen) atoms. The second-order valence-corrected chi connectivity index (χ2v) is 6.04. The summed E-state index contributed by atoms with van der Waals surface area (Å²) in [5, 5.41) is 4.24. The van der Waals surface area contributed by atoms with Crippen LogP contribution in [0.3, 0.4) is 0 Å². The van der Waals surface area contributed by atoms with Crippen LogP contribution < -0.4 is 5.32 Å². The molecule has 0 heterocycles. The normalized spacial score (nSPS) is 12.8. The van der Waals surface area contributed by atoms with Gasteiger partial charge in [0, 0.05) is 25.3 Å². The van der Waals surface area contributed by atoms with Crippen molar-refractivity contribution in [1.29, 1.82) is 0 Å². The van der Waals surface area contributed by atoms with Crippen molar-refractivity contribution in [3.63, 3.8) is 0 Å². The molecule has 1 unspecified atom stereocenters. The van der Waals surface area contributed by atoms with Crippen LogP contribution >= 0.6 is 11.6 Å². The fourth-order valence-corrected chi connectivity index (χ4v) is 2.31. The molecule has 1 aromatic carbocycles. The van der Waals surface area contributed by atoms with Gasteiger partial charge in [-0.25, -0.2) is 0 Å². The molecule has 0 radical (unpaired) electrons. The van der Waals surface area contributed by atoms with Gasteiger partial charge in [-0.15, -0.1) is 0 Å². The van der Waals surface area contributed by atoms with Crippen molar-refractivity contribution in [2.75, 3.05) is 33.4 Å². The van der Waals surface area contributed by atoms with Crippen LogP contribution in [0.5, 0.6) is 0 Å². The number of benzene rings is 1. The molecule has 1 rings (SSSR count). The molecule has 1 aromatic rings. The minimum atomic E-state index is 0.294. The minimum Gasteiger partial charge on any atom is -0.383 e. The van der Waals surface area contributed by atoms with E-state index in [0.717, 1.165) is 44.2 Å². The lowest BCUT2D eigenvalue weighted by atomic mass is 9.96. The summed E-state index contributed by atoms with van der Waals surface area (Å²) < 4.78 is 10.7. The number of ether oxygens (including phenoxy) is 2. The molecular weight excluding hydrogens is 286 g/mol. The van der Waals surface area contributed by atoms with Gasteiger partial charge in [0.05, 0.1) is 12.7 Å². The Labute approximate surface area is 134 Å². The van der Waals surface area contributed by atoms with Crippen LogP contribution in [0, 0.1) is 5.92 Å². The van der Waals surface area contributed by atoms with Crippen molar-refractivity contribution in [2.24, 2.45) is 5.92 Å². The van der Waals surface area contributed by atoms with Gasteiger partial charge >= 0.3 is 0 Å². The van der Waals surface area contributed by atoms with Crippen LogP contribution in [0.1, 0.15) is 25.8 Å². The molecule has 0 saturated heterocycles. The summed E-state index contributed by atoms with van der Waals surface area (Å²) in [6, 6.07) is 8.12. The maximum atomic E-state index is 5.94. The van der Waals surface area contributed by atoms with E-state index in [1.807, 2.05) is 12.1 Å². The van der Waals surface area contributed by atoms with E-state index in [-0.39, 0.29) is 0 Å². The lowest BCUT2D eigenvalue weighted by molar-refractivity contribution is 0.0681. The van der Waals surface area contributed by atoms with Crippen LogP contribution in [0.25, 0.3) is 0 Å². The van der Waals surface area contributed by atoms with Crippen molar-refractivity contribution in [1.82, 2.24) is 5.32 Å². The molecule has 4 heteroatoms. The molecule has 0 spiro atoms. The molecule has 0 aromatic heterocycles. The van der Waals surface area contributed by atoms with E-state index >= 15 is 0 Å². The van der Waals surface area contributed by atoms with E-state index in [1.165, 1.54) is 5.56 Å². The second-order valence-electron chi connectivity index (χ2n) is 5.60. The number of halogens is 1. The van der Waals surface area contributed by atoms with Crippen molar-refractivity contribution in [2.45, 2.75) is 32.8 Å². The number of nitrogens with one attached hydrogen (secondary N) is 1. The van der Waals surface area contributed by atoms with Gasteiger partial charge in [-0.05, 0) is 56.8 Å². The van der Waals surface area contributed by atoms with Gasteiger partial charge in [0.25, 0.3) is 0 Å². The predicted octanol–water partition coefficient (Wildman–Crippen LogP) is 3.55. The Balaban J connectivity index is 2.43. The summed E-state index contributed by atoms with van der Waals surface area (Å²) in [6.07, 6.45) is 2.39. The number of hydrogen-bond donors (Lipinski definition) is 1. The molecule has 0 aliphatic heterocycles. The van der Waals surface area contributed by atoms with E-state index in [4.69, 9.17) is 21.1 Å². The SMILES string of the molecule is COCCNCC(CCOC(C)C)Cc1ccc(Cl)cc1. The summed E-state index contributed by atoms with van der Waals surface area (Å²) in [5.41, 5.74) is 1.32. The Bertz CT molecular complexity index is 368. The molecular formula is C17H28ClNO2. The van der Waals surface area contributed by atoms with E-state index in [9.17, 15) is 0 Å². The van der Waals surface area contributed by atoms with Crippen LogP contribution in [-0.4, -0.2) is 39.5 Å². The number of rotatable bonds is 11. The molecule has 0 aliphatic rings. The zero-order valence-electron chi connectivity index (χ0n) is 13.4. The Morgan fingerprint density at radius 1 is 1.14 bits per heavy atom. The van der Waals surface area contributed by atoms with Gasteiger partial charge in [-0.3, -0.25) is 0 Å². The van der Waals surface area contributed by atoms with Crippen molar-refractivity contribution < 1.29 is 9.47 Å². The van der Waals surface area contributed by atoms with Gasteiger partial charge in [0.1, 0.15) is 0 Å². The highest BCUT2D eigenvalue weighted by Crippen LogP contribution is 2.15. The first-order valence-corrected chi connectivity index (χ1v) is 8.05. The summed E-state index contributed by atoms with van der Waals surface area (Å²) in [5.74, 6) is 0.557. The fourth-order valence-electron chi connectivity index (χ4n) is 2.18. The predicted molar refractivity (Wildman–Crippen MR) is 89.1 cm³/mol. The Hall–Kier alpha value is -0.610. The maximum Gasteiger partial charge on any atom is 0.0587 e. The maximum absolute atomic E-state index is 5.94. The van der Waals surface area contributed by atoms with Crippen LogP contribution in [0.2, 0.25) is 5.02 Å². The summed E-state index contributed by atoms with van der Waals surface area (Å²) in [4.78, 5) is 0. The number of hydrogen-bond acceptors (Lipinski definition) is 3. The van der Waals surface area contributed by atoms with E-state index in [2.05, 4.69) is 31.3 Å². The zero-order valence-corrected chi connectivity index (χ0v) is 14.2. The molecule has 0 bridgehead atoms. The van der Waals surface area contributed by atoms with E-state index in [1.54, 1.807) is 7.11 Å². The van der Waals surface area contributed by atoms with Crippen molar-refractivity contribution in [3.05, 3.63) is 34.9 Å². The Morgan fingerprint density at radius 3 is 2.48 bits per heavy atom. The monoisotopic (exact) mass is 313 g/mol. The summed E-state index contributed by atoms with van der Waals surface area (Å²) in [7, 11) is 1.73. The standard InChI is InChI=1S/C17H28ClNO2/c1-14(2)21-10-8-16(13-19-9-11-20-3)12-15-4-6-17(18)7-5-15/h4-7,14,16,19H,8-13H2,1-3H3. The average Bonchev–Trinajstić information content (AvgIpc) is 2.45. The minimum absolute atomic E-state index is 0.294. The van der Waals surface area contributed by atoms with Crippen molar-refractivity contribution >= 4 is 11.6 Å². The third-order valence-electron chi connectivity index (χ3n) is 3.33. The van der Waals surface area contributed by atoms with E-state index < -0.39 is 0 Å². The highest BCUT2D eigenvalue weighted by molar-refractivity contribution is 6.30. The summed E-state index contributed by atoms with van der Waals surface area (Å²) in [6.45, 7) is 7.57. The smallest absolute Gasteiger partial charge is 0.0587 e. The quantitative estimate of drug-likeness (QED) is 0.634. The Kier molecular flexibility index (Phi) is 9.68. The third kappa shape index (κ3) is 9.10. The molecule has 120 valence electrons. The first-order valence-electron chi connectivity index (χ1n) is 7.67. The van der Waals surface area contributed by atoms with Gasteiger partial charge in [-0.1, -0.05) is 23.7 Å². The highest BCUT2D eigenvalue weighted by atomic mass is 35.5. The molecule has 0 aliphatic carbocycles. The first kappa shape index (κ1) is 18.4. The highest BCUT2D eigenvalue weighted by Gasteiger charge is 2.10. The summed E-state index contributed by atoms with van der Waals surface area (Å²) >= 11 is 5.94. The van der Waals surface area contributed by atoms with Crippen LogP contribution in [0.15, 0.2) is 24.3 Å². The molecule has 1 atom stereocenters. The topological polar surface area (TPSA) is 30.5 Å². The Morgan fingerprint density at radius 2 is 1.86 bits per heavy atom. The first-order chi connectivity index (χ1) is 10.1. The lowest BCUT2D eigenvalue weighted by Crippen LogP contribution is -2.28. The molecule has 0 saturated carbocycles.